The summed E-state index contributed by atoms with van der Waals surface area (Å²) in [5, 5.41) is 9.07. The first-order chi connectivity index (χ1) is 16.3. The van der Waals surface area contributed by atoms with Gasteiger partial charge in [0.15, 0.2) is 0 Å². The number of nitrogens with zero attached hydrogens (tertiary/aromatic N) is 3. The van der Waals surface area contributed by atoms with E-state index in [2.05, 4.69) is 59.1 Å². The molecule has 0 bridgehead atoms. The third-order valence-corrected chi connectivity index (χ3v) is 7.93. The lowest BCUT2D eigenvalue weighted by Crippen LogP contribution is -2.38. The van der Waals surface area contributed by atoms with Crippen molar-refractivity contribution in [2.24, 2.45) is 11.3 Å². The first kappa shape index (κ1) is 23.1. The summed E-state index contributed by atoms with van der Waals surface area (Å²) in [5.74, 6) is 0.595. The molecule has 2 aromatic heterocycles. The lowest BCUT2D eigenvalue weighted by atomic mass is 9.76. The van der Waals surface area contributed by atoms with Gasteiger partial charge >= 0.3 is 0 Å². The van der Waals surface area contributed by atoms with E-state index in [1.54, 1.807) is 12.0 Å². The van der Waals surface area contributed by atoms with Gasteiger partial charge < -0.3 is 14.6 Å². The Morgan fingerprint density at radius 1 is 1.29 bits per heavy atom. The summed E-state index contributed by atoms with van der Waals surface area (Å²) in [7, 11) is 3.63. The van der Waals surface area contributed by atoms with Gasteiger partial charge in [-0.3, -0.25) is 14.8 Å². The maximum atomic E-state index is 13.0. The standard InChI is InChI=1S/C27H37N5O2/c1-6-17-14-32(15-24(17)34-5)16-25(33)31(4)19-8-7-18-11-22(28-21(18)12-19)26-20-9-10-27(2,3)13-23(20)29-30-26/h7-8,11-12,17,24,28H,6,9-10,13-16H2,1-5H3,(H,29,30)/t17-,24+/m1/s1. The number of nitrogens with one attached hydrogen (secondary N) is 2. The zero-order valence-corrected chi connectivity index (χ0v) is 21.1. The van der Waals surface area contributed by atoms with Crippen molar-refractivity contribution in [2.75, 3.05) is 38.7 Å². The van der Waals surface area contributed by atoms with E-state index in [0.717, 1.165) is 60.3 Å². The maximum absolute atomic E-state index is 13.0. The van der Waals surface area contributed by atoms with E-state index in [9.17, 15) is 4.79 Å². The van der Waals surface area contributed by atoms with Crippen LogP contribution in [0.3, 0.4) is 0 Å². The van der Waals surface area contributed by atoms with Crippen LogP contribution in [-0.4, -0.2) is 65.9 Å². The van der Waals surface area contributed by atoms with Crippen molar-refractivity contribution >= 4 is 22.5 Å². The number of anilines is 1. The average Bonchev–Trinajstić information content (AvgIpc) is 3.52. The minimum absolute atomic E-state index is 0.0988. The number of likely N-dealkylation sites (tertiary alicyclic amines) is 1. The Balaban J connectivity index is 1.32. The molecule has 2 atom stereocenters. The molecule has 1 aliphatic carbocycles. The van der Waals surface area contributed by atoms with E-state index in [1.165, 1.54) is 17.7 Å². The second-order valence-corrected chi connectivity index (χ2v) is 10.9. The SMILES string of the molecule is CC[C@@H]1CN(CC(=O)N(C)c2ccc3cc(-c4n[nH]c5c4CCC(C)(C)C5)[nH]c3c2)C[C@@H]1OC. The van der Waals surface area contributed by atoms with E-state index in [-0.39, 0.29) is 12.0 Å². The summed E-state index contributed by atoms with van der Waals surface area (Å²) >= 11 is 0. The molecule has 182 valence electrons. The Hall–Kier alpha value is -2.64. The predicted molar refractivity (Wildman–Crippen MR) is 136 cm³/mol. The number of ether oxygens (including phenoxy) is 1. The third kappa shape index (κ3) is 4.27. The molecule has 1 saturated heterocycles. The van der Waals surface area contributed by atoms with Crippen LogP contribution in [-0.2, 0) is 22.4 Å². The van der Waals surface area contributed by atoms with E-state index >= 15 is 0 Å². The monoisotopic (exact) mass is 463 g/mol. The largest absolute Gasteiger partial charge is 0.380 e. The third-order valence-electron chi connectivity index (χ3n) is 7.93. The Morgan fingerprint density at radius 2 is 2.12 bits per heavy atom. The lowest BCUT2D eigenvalue weighted by molar-refractivity contribution is -0.119. The number of likely N-dealkylation sites (N-methyl/N-ethyl adjacent to an activating group) is 1. The highest BCUT2D eigenvalue weighted by Gasteiger charge is 2.33. The molecular weight excluding hydrogens is 426 g/mol. The molecule has 34 heavy (non-hydrogen) atoms. The van der Waals surface area contributed by atoms with Gasteiger partial charge in [-0.15, -0.1) is 0 Å². The van der Waals surface area contributed by atoms with Crippen LogP contribution < -0.4 is 4.90 Å². The zero-order valence-electron chi connectivity index (χ0n) is 21.1. The zero-order chi connectivity index (χ0) is 24.0. The summed E-state index contributed by atoms with van der Waals surface area (Å²) in [4.78, 5) is 20.6. The van der Waals surface area contributed by atoms with Gasteiger partial charge in [-0.05, 0) is 55.2 Å². The molecule has 1 aromatic carbocycles. The molecular formula is C27H37N5O2. The molecule has 1 aliphatic heterocycles. The Kier molecular flexibility index (Phi) is 6.02. The number of fused-ring (bicyclic) bond motifs is 2. The Labute approximate surface area is 201 Å². The number of aromatic amines is 2. The van der Waals surface area contributed by atoms with E-state index in [0.29, 0.717) is 17.9 Å². The smallest absolute Gasteiger partial charge is 0.240 e. The molecule has 7 heteroatoms. The first-order valence-electron chi connectivity index (χ1n) is 12.5. The lowest BCUT2D eigenvalue weighted by Gasteiger charge is -2.28. The van der Waals surface area contributed by atoms with Crippen LogP contribution >= 0.6 is 0 Å². The minimum Gasteiger partial charge on any atom is -0.380 e. The molecule has 0 spiro atoms. The number of hydrogen-bond donors (Lipinski definition) is 2. The molecule has 0 saturated carbocycles. The van der Waals surface area contributed by atoms with Gasteiger partial charge in [0.25, 0.3) is 0 Å². The number of rotatable bonds is 6. The summed E-state index contributed by atoms with van der Waals surface area (Å²) in [6, 6.07) is 8.34. The number of methoxy groups -OCH3 is 1. The quantitative estimate of drug-likeness (QED) is 0.568. The number of amides is 1. The molecule has 0 radical (unpaired) electrons. The number of hydrogen-bond acceptors (Lipinski definition) is 4. The molecule has 1 amide bonds. The van der Waals surface area contributed by atoms with Gasteiger partial charge in [0, 0.05) is 55.1 Å². The van der Waals surface area contributed by atoms with Gasteiger partial charge in [-0.25, -0.2) is 0 Å². The van der Waals surface area contributed by atoms with Crippen molar-refractivity contribution < 1.29 is 9.53 Å². The fourth-order valence-electron chi connectivity index (χ4n) is 5.68. The van der Waals surface area contributed by atoms with Gasteiger partial charge in [-0.2, -0.15) is 5.10 Å². The average molecular weight is 464 g/mol. The van der Waals surface area contributed by atoms with Crippen LogP contribution in [0.15, 0.2) is 24.3 Å². The van der Waals surface area contributed by atoms with E-state index < -0.39 is 0 Å². The van der Waals surface area contributed by atoms with E-state index in [4.69, 9.17) is 4.74 Å². The fourth-order valence-corrected chi connectivity index (χ4v) is 5.68. The fraction of sp³-hybridized carbons (Fsp3) is 0.556. The normalized spacial score (nSPS) is 22.3. The molecule has 7 nitrogen and oxygen atoms in total. The van der Waals surface area contributed by atoms with Crippen molar-refractivity contribution in [2.45, 2.75) is 52.6 Å². The second kappa shape index (κ2) is 8.86. The van der Waals surface area contributed by atoms with Crippen molar-refractivity contribution in [1.82, 2.24) is 20.1 Å². The number of carbonyl (C=O) groups is 1. The summed E-state index contributed by atoms with van der Waals surface area (Å²) < 4.78 is 5.62. The number of carbonyl (C=O) groups excluding carboxylic acids is 1. The van der Waals surface area contributed by atoms with Crippen LogP contribution in [0, 0.1) is 11.3 Å². The van der Waals surface area contributed by atoms with Crippen LogP contribution in [0.25, 0.3) is 22.3 Å². The number of H-pyrrole nitrogens is 2. The summed E-state index contributed by atoms with van der Waals surface area (Å²) in [5.41, 5.74) is 6.90. The molecule has 1 fully saturated rings. The van der Waals surface area contributed by atoms with E-state index in [1.807, 2.05) is 13.1 Å². The van der Waals surface area contributed by atoms with Crippen LogP contribution in [0.1, 0.15) is 44.9 Å². The van der Waals surface area contributed by atoms with Gasteiger partial charge in [-0.1, -0.05) is 26.8 Å². The molecule has 3 heterocycles. The second-order valence-electron chi connectivity index (χ2n) is 10.9. The van der Waals surface area contributed by atoms with Crippen LogP contribution in [0.4, 0.5) is 5.69 Å². The predicted octanol–water partition coefficient (Wildman–Crippen LogP) is 4.39. The number of benzene rings is 1. The Bertz CT molecular complexity index is 1180. The van der Waals surface area contributed by atoms with Gasteiger partial charge in [0.1, 0.15) is 5.69 Å². The summed E-state index contributed by atoms with van der Waals surface area (Å²) in [6.45, 7) is 8.97. The minimum atomic E-state index is 0.0988. The van der Waals surface area contributed by atoms with Crippen molar-refractivity contribution in [3.63, 3.8) is 0 Å². The van der Waals surface area contributed by atoms with Gasteiger partial charge in [0.05, 0.1) is 18.3 Å². The van der Waals surface area contributed by atoms with Crippen LogP contribution in [0.2, 0.25) is 0 Å². The molecule has 0 unspecified atom stereocenters. The van der Waals surface area contributed by atoms with Crippen LogP contribution in [0.5, 0.6) is 0 Å². The summed E-state index contributed by atoms with van der Waals surface area (Å²) in [6.07, 6.45) is 4.54. The molecule has 3 aromatic rings. The maximum Gasteiger partial charge on any atom is 0.240 e. The van der Waals surface area contributed by atoms with Gasteiger partial charge in [0.2, 0.25) is 5.91 Å². The van der Waals surface area contributed by atoms with Crippen molar-refractivity contribution in [3.8, 4) is 11.4 Å². The first-order valence-corrected chi connectivity index (χ1v) is 12.5. The highest BCUT2D eigenvalue weighted by Crippen LogP contribution is 2.38. The molecule has 5 rings (SSSR count). The highest BCUT2D eigenvalue weighted by molar-refractivity contribution is 5.97. The molecule has 2 aliphatic rings. The number of aromatic nitrogens is 3. The van der Waals surface area contributed by atoms with Crippen molar-refractivity contribution in [3.05, 3.63) is 35.5 Å². The highest BCUT2D eigenvalue weighted by atomic mass is 16.5. The topological polar surface area (TPSA) is 77.3 Å². The van der Waals surface area contributed by atoms with Crippen molar-refractivity contribution in [1.29, 1.82) is 0 Å². The Morgan fingerprint density at radius 3 is 2.85 bits per heavy atom. The molecule has 2 N–H and O–H groups in total.